The molecule has 3 N–H and O–H groups in total. The Kier molecular flexibility index (Phi) is 4.86. The standard InChI is InChI=1S/C13H19N5O2/c14-11-6-7-15-8-12(11)17-13(9-18(19)20)16-10-4-2-1-3-5-10/h6-8,10H,1-5,9H2,(H2,14,15)(H,16,17). The van der Waals surface area contributed by atoms with Gasteiger partial charge in [-0.1, -0.05) is 19.3 Å². The number of aromatic nitrogens is 1. The number of anilines is 2. The van der Waals surface area contributed by atoms with Gasteiger partial charge in [-0.05, 0) is 18.9 Å². The molecule has 0 radical (unpaired) electrons. The zero-order chi connectivity index (χ0) is 14.4. The first-order valence-electron chi connectivity index (χ1n) is 6.80. The molecular formula is C13H19N5O2. The summed E-state index contributed by atoms with van der Waals surface area (Å²) in [7, 11) is 0. The first-order valence-corrected chi connectivity index (χ1v) is 6.80. The maximum Gasteiger partial charge on any atom is 0.260 e. The third-order valence-electron chi connectivity index (χ3n) is 3.33. The largest absolute Gasteiger partial charge is 0.397 e. The highest BCUT2D eigenvalue weighted by atomic mass is 16.6. The van der Waals surface area contributed by atoms with Crippen molar-refractivity contribution in [2.24, 2.45) is 4.99 Å². The fourth-order valence-electron chi connectivity index (χ4n) is 2.33. The van der Waals surface area contributed by atoms with E-state index in [2.05, 4.69) is 15.3 Å². The predicted octanol–water partition coefficient (Wildman–Crippen LogP) is 2.08. The number of hydrogen-bond donors (Lipinski definition) is 2. The molecule has 20 heavy (non-hydrogen) atoms. The maximum atomic E-state index is 10.8. The zero-order valence-corrected chi connectivity index (χ0v) is 11.3. The second-order valence-corrected chi connectivity index (χ2v) is 4.95. The van der Waals surface area contributed by atoms with Crippen molar-refractivity contribution in [2.45, 2.75) is 38.1 Å². The Labute approximate surface area is 117 Å². The summed E-state index contributed by atoms with van der Waals surface area (Å²) in [4.78, 5) is 18.8. The summed E-state index contributed by atoms with van der Waals surface area (Å²) < 4.78 is 0. The zero-order valence-electron chi connectivity index (χ0n) is 11.3. The minimum atomic E-state index is -0.388. The van der Waals surface area contributed by atoms with Gasteiger partial charge in [-0.3, -0.25) is 20.1 Å². The minimum absolute atomic E-state index is 0.170. The average molecular weight is 277 g/mol. The van der Waals surface area contributed by atoms with Crippen molar-refractivity contribution in [2.75, 3.05) is 17.6 Å². The van der Waals surface area contributed by atoms with Crippen molar-refractivity contribution in [3.8, 4) is 0 Å². The van der Waals surface area contributed by atoms with Crippen molar-refractivity contribution in [1.29, 1.82) is 0 Å². The number of nitrogen functional groups attached to an aromatic ring is 1. The third kappa shape index (κ3) is 4.18. The van der Waals surface area contributed by atoms with E-state index in [1.54, 1.807) is 18.5 Å². The Balaban J connectivity index is 2.12. The van der Waals surface area contributed by atoms with E-state index in [0.717, 1.165) is 25.7 Å². The summed E-state index contributed by atoms with van der Waals surface area (Å²) in [6, 6.07) is 1.82. The quantitative estimate of drug-likeness (QED) is 0.379. The number of pyridine rings is 1. The number of hydrogen-bond acceptors (Lipinski definition) is 5. The Bertz CT molecular complexity index is 497. The van der Waals surface area contributed by atoms with Crippen molar-refractivity contribution >= 4 is 17.2 Å². The number of aliphatic imine (C=N–C) groups is 1. The monoisotopic (exact) mass is 277 g/mol. The number of amidine groups is 1. The minimum Gasteiger partial charge on any atom is -0.397 e. The molecule has 1 fully saturated rings. The predicted molar refractivity (Wildman–Crippen MR) is 78.4 cm³/mol. The van der Waals surface area contributed by atoms with E-state index in [4.69, 9.17) is 5.73 Å². The molecule has 0 unspecified atom stereocenters. The SMILES string of the molecule is Nc1ccncc1NC(C[N+](=O)[O-])=NC1CCCCC1. The second-order valence-electron chi connectivity index (χ2n) is 4.95. The highest BCUT2D eigenvalue weighted by molar-refractivity contribution is 5.98. The van der Waals surface area contributed by atoms with E-state index in [1.807, 2.05) is 0 Å². The van der Waals surface area contributed by atoms with Crippen LogP contribution >= 0.6 is 0 Å². The van der Waals surface area contributed by atoms with Gasteiger partial charge in [0, 0.05) is 11.1 Å². The summed E-state index contributed by atoms with van der Waals surface area (Å²) in [5.41, 5.74) is 6.86. The van der Waals surface area contributed by atoms with Crippen LogP contribution in [0.15, 0.2) is 23.5 Å². The first-order chi connectivity index (χ1) is 9.65. The molecule has 1 aliphatic carbocycles. The second kappa shape index (κ2) is 6.83. The Hall–Kier alpha value is -2.18. The molecule has 0 spiro atoms. The highest BCUT2D eigenvalue weighted by Gasteiger charge is 2.16. The highest BCUT2D eigenvalue weighted by Crippen LogP contribution is 2.21. The van der Waals surface area contributed by atoms with Crippen LogP contribution in [0, 0.1) is 10.1 Å². The third-order valence-corrected chi connectivity index (χ3v) is 3.33. The fourth-order valence-corrected chi connectivity index (χ4v) is 2.33. The molecular weight excluding hydrogens is 258 g/mol. The van der Waals surface area contributed by atoms with Gasteiger partial charge in [-0.2, -0.15) is 0 Å². The van der Waals surface area contributed by atoms with E-state index in [1.165, 1.54) is 6.42 Å². The molecule has 1 aliphatic rings. The summed E-state index contributed by atoms with van der Waals surface area (Å²) >= 11 is 0. The van der Waals surface area contributed by atoms with Crippen LogP contribution in [-0.2, 0) is 0 Å². The molecule has 0 atom stereocenters. The van der Waals surface area contributed by atoms with Gasteiger partial charge in [0.1, 0.15) is 0 Å². The van der Waals surface area contributed by atoms with Crippen molar-refractivity contribution in [3.63, 3.8) is 0 Å². The van der Waals surface area contributed by atoms with Gasteiger partial charge in [-0.25, -0.2) is 0 Å². The first kappa shape index (κ1) is 14.2. The van der Waals surface area contributed by atoms with E-state index in [0.29, 0.717) is 17.2 Å². The lowest BCUT2D eigenvalue weighted by atomic mass is 9.96. The van der Waals surface area contributed by atoms with E-state index in [-0.39, 0.29) is 17.5 Å². The molecule has 1 aromatic heterocycles. The molecule has 7 heteroatoms. The Morgan fingerprint density at radius 1 is 1.50 bits per heavy atom. The van der Waals surface area contributed by atoms with Crippen LogP contribution in [0.1, 0.15) is 32.1 Å². The number of nitro groups is 1. The molecule has 7 nitrogen and oxygen atoms in total. The van der Waals surface area contributed by atoms with Gasteiger partial charge in [-0.15, -0.1) is 0 Å². The van der Waals surface area contributed by atoms with Crippen LogP contribution in [0.2, 0.25) is 0 Å². The van der Waals surface area contributed by atoms with Gasteiger partial charge >= 0.3 is 0 Å². The topological polar surface area (TPSA) is 106 Å². The smallest absolute Gasteiger partial charge is 0.260 e. The molecule has 0 aromatic carbocycles. The molecule has 0 saturated heterocycles. The summed E-state index contributed by atoms with van der Waals surface area (Å²) in [6.07, 6.45) is 8.60. The van der Waals surface area contributed by atoms with Gasteiger partial charge in [0.05, 0.1) is 23.6 Å². The molecule has 1 aromatic rings. The Morgan fingerprint density at radius 2 is 2.25 bits per heavy atom. The van der Waals surface area contributed by atoms with E-state index < -0.39 is 0 Å². The molecule has 108 valence electrons. The lowest BCUT2D eigenvalue weighted by Crippen LogP contribution is -2.26. The summed E-state index contributed by atoms with van der Waals surface area (Å²) in [5.74, 6) is 0.349. The van der Waals surface area contributed by atoms with E-state index >= 15 is 0 Å². The fraction of sp³-hybridized carbons (Fsp3) is 0.538. The van der Waals surface area contributed by atoms with Crippen LogP contribution < -0.4 is 11.1 Å². The van der Waals surface area contributed by atoms with Crippen LogP contribution in [0.4, 0.5) is 11.4 Å². The van der Waals surface area contributed by atoms with Crippen LogP contribution in [-0.4, -0.2) is 28.3 Å². The van der Waals surface area contributed by atoms with Crippen LogP contribution in [0.3, 0.4) is 0 Å². The van der Waals surface area contributed by atoms with E-state index in [9.17, 15) is 10.1 Å². The number of nitrogens with one attached hydrogen (secondary N) is 1. The number of nitrogens with two attached hydrogens (primary N) is 1. The molecule has 0 bridgehead atoms. The normalized spacial score (nSPS) is 16.9. The van der Waals surface area contributed by atoms with Crippen molar-refractivity contribution in [3.05, 3.63) is 28.6 Å². The van der Waals surface area contributed by atoms with Crippen LogP contribution in [0.5, 0.6) is 0 Å². The molecule has 1 heterocycles. The lowest BCUT2D eigenvalue weighted by molar-refractivity contribution is -0.463. The van der Waals surface area contributed by atoms with Crippen LogP contribution in [0.25, 0.3) is 0 Å². The number of nitrogens with zero attached hydrogens (tertiary/aromatic N) is 3. The van der Waals surface area contributed by atoms with Gasteiger partial charge in [0.15, 0.2) is 5.84 Å². The summed E-state index contributed by atoms with van der Waals surface area (Å²) in [6.45, 7) is -0.329. The molecule has 0 aliphatic heterocycles. The summed E-state index contributed by atoms with van der Waals surface area (Å²) in [5, 5.41) is 13.7. The number of rotatable bonds is 4. The van der Waals surface area contributed by atoms with Gasteiger partial charge < -0.3 is 11.1 Å². The Morgan fingerprint density at radius 3 is 2.90 bits per heavy atom. The maximum absolute atomic E-state index is 10.8. The van der Waals surface area contributed by atoms with Gasteiger partial charge in [0.2, 0.25) is 0 Å². The van der Waals surface area contributed by atoms with Crippen molar-refractivity contribution < 1.29 is 4.92 Å². The molecule has 1 saturated carbocycles. The average Bonchev–Trinajstić information content (AvgIpc) is 2.42. The van der Waals surface area contributed by atoms with Crippen molar-refractivity contribution in [1.82, 2.24) is 4.98 Å². The molecule has 2 rings (SSSR count). The van der Waals surface area contributed by atoms with Gasteiger partial charge in [0.25, 0.3) is 6.54 Å². The molecule has 0 amide bonds. The lowest BCUT2D eigenvalue weighted by Gasteiger charge is -2.19.